The van der Waals surface area contributed by atoms with E-state index in [4.69, 9.17) is 20.8 Å². The van der Waals surface area contributed by atoms with E-state index in [0.717, 1.165) is 30.3 Å². The standard InChI is InChI=1S/C45H46ClF6NO7/c1-4-58-38(56)53(24-26-5-8-29(9-6-26)60-45(50,51)52)25-42(57)18-15-36-40(42,3)17-14-35-39(2)16-13-28(54)22-41(39)19-20-43(35,36)31(23-41)37(55)34-12-11-33(59-34)30-21-27(44(47,48)49)7-10-32(30)46/h5-12,19-21,23,28,35-36,54,57H,4,13-18,22,24-25H2,1-3H3/t28?,35-,36-,39-,40+,41+,42-,43-/m1/s1. The molecule has 2 aromatic carbocycles. The van der Waals surface area contributed by atoms with Crippen LogP contribution in [0.15, 0.2) is 82.8 Å². The van der Waals surface area contributed by atoms with Crippen LogP contribution < -0.4 is 4.74 Å². The van der Waals surface area contributed by atoms with E-state index in [1.165, 1.54) is 29.2 Å². The summed E-state index contributed by atoms with van der Waals surface area (Å²) in [7, 11) is 0. The van der Waals surface area contributed by atoms with Gasteiger partial charge in [-0.1, -0.05) is 55.8 Å². The third kappa shape index (κ3) is 6.66. The average Bonchev–Trinajstić information content (AvgIpc) is 3.77. The van der Waals surface area contributed by atoms with Crippen molar-refractivity contribution in [2.24, 2.45) is 33.5 Å². The maximum atomic E-state index is 15.1. The zero-order valence-electron chi connectivity index (χ0n) is 33.3. The monoisotopic (exact) mass is 861 g/mol. The van der Waals surface area contributed by atoms with Gasteiger partial charge in [-0.25, -0.2) is 4.79 Å². The maximum Gasteiger partial charge on any atom is 0.573 e. The van der Waals surface area contributed by atoms with Gasteiger partial charge < -0.3 is 29.0 Å². The lowest BCUT2D eigenvalue weighted by atomic mass is 9.32. The van der Waals surface area contributed by atoms with Gasteiger partial charge in [0.25, 0.3) is 0 Å². The van der Waals surface area contributed by atoms with Crippen molar-refractivity contribution < 1.29 is 60.0 Å². The van der Waals surface area contributed by atoms with Crippen molar-refractivity contribution in [3.8, 4) is 17.1 Å². The Morgan fingerprint density at radius 1 is 0.917 bits per heavy atom. The number of nitrogens with zero attached hydrogens (tertiary/aromatic N) is 1. The van der Waals surface area contributed by atoms with E-state index in [0.29, 0.717) is 49.7 Å². The summed E-state index contributed by atoms with van der Waals surface area (Å²) < 4.78 is 95.1. The summed E-state index contributed by atoms with van der Waals surface area (Å²) in [5.41, 5.74) is -4.39. The highest BCUT2D eigenvalue weighted by molar-refractivity contribution is 6.33. The number of allylic oxidation sites excluding steroid dienone is 4. The predicted molar refractivity (Wildman–Crippen MR) is 208 cm³/mol. The maximum absolute atomic E-state index is 15.1. The topological polar surface area (TPSA) is 109 Å². The summed E-state index contributed by atoms with van der Waals surface area (Å²) >= 11 is 6.36. The fourth-order valence-electron chi connectivity index (χ4n) is 12.0. The molecule has 1 aromatic heterocycles. The Bertz CT molecular complexity index is 2250. The molecular formula is C45H46ClF6NO7. The lowest BCUT2D eigenvalue weighted by Gasteiger charge is -2.71. The summed E-state index contributed by atoms with van der Waals surface area (Å²) in [4.78, 5) is 30.0. The number of hydrogen-bond donors (Lipinski definition) is 2. The number of carbonyl (C=O) groups excluding carboxylic acids is 2. The van der Waals surface area contributed by atoms with Gasteiger partial charge in [-0.05, 0) is 117 Å². The largest absolute Gasteiger partial charge is 0.573 e. The van der Waals surface area contributed by atoms with Gasteiger partial charge in [-0.2, -0.15) is 13.2 Å². The molecule has 1 heterocycles. The molecule has 9 rings (SSSR count). The number of halogens is 7. The van der Waals surface area contributed by atoms with E-state index in [1.54, 1.807) is 6.92 Å². The lowest BCUT2D eigenvalue weighted by molar-refractivity contribution is -0.274. The molecule has 15 heteroatoms. The van der Waals surface area contributed by atoms with Gasteiger partial charge in [0.1, 0.15) is 11.5 Å². The third-order valence-electron chi connectivity index (χ3n) is 14.9. The SMILES string of the molecule is CCOC(=O)N(Cc1ccc(OC(F)(F)F)cc1)C[C@]1(O)CC[C@H]2[C@]34C=C[C@@]5(C=C3C(=O)c3ccc(-c6cc(C(F)(F)F)ccc6Cl)o3)CC(O)CC[C@]5(C)[C@H]4CC[C@@]21C. The molecule has 6 aliphatic rings. The fraction of sp³-hybridized carbons (Fsp3) is 0.511. The van der Waals surface area contributed by atoms with Crippen molar-refractivity contribution in [1.29, 1.82) is 0 Å². The highest BCUT2D eigenvalue weighted by Crippen LogP contribution is 2.78. The van der Waals surface area contributed by atoms with Gasteiger partial charge in [0.15, 0.2) is 5.76 Å². The van der Waals surface area contributed by atoms with Crippen molar-refractivity contribution in [2.45, 2.75) is 96.5 Å². The Morgan fingerprint density at radius 3 is 2.28 bits per heavy atom. The van der Waals surface area contributed by atoms with Crippen LogP contribution in [0.4, 0.5) is 31.1 Å². The second-order valence-electron chi connectivity index (χ2n) is 17.7. The number of Topliss-reactive ketones (excluding diaryl/α,β-unsaturated/α-hetero) is 1. The van der Waals surface area contributed by atoms with E-state index in [-0.39, 0.29) is 65.5 Å². The second-order valence-corrected chi connectivity index (χ2v) is 18.1. The minimum absolute atomic E-state index is 0.0114. The minimum Gasteiger partial charge on any atom is -0.453 e. The summed E-state index contributed by atoms with van der Waals surface area (Å²) in [6.07, 6.45) is -1.09. The Balaban J connectivity index is 1.16. The van der Waals surface area contributed by atoms with Gasteiger partial charge in [-0.15, -0.1) is 13.2 Å². The number of rotatable bonds is 9. The molecule has 2 spiro atoms. The van der Waals surface area contributed by atoms with Gasteiger partial charge in [-0.3, -0.25) is 4.79 Å². The highest BCUT2D eigenvalue weighted by Gasteiger charge is 2.74. The smallest absolute Gasteiger partial charge is 0.453 e. The zero-order chi connectivity index (χ0) is 43.3. The van der Waals surface area contributed by atoms with Gasteiger partial charge in [0.2, 0.25) is 5.78 Å². The van der Waals surface area contributed by atoms with Gasteiger partial charge in [0, 0.05) is 33.9 Å². The molecule has 3 saturated carbocycles. The predicted octanol–water partition coefficient (Wildman–Crippen LogP) is 10.9. The number of amides is 1. The molecule has 1 unspecified atom stereocenters. The number of hydrogen-bond acceptors (Lipinski definition) is 7. The van der Waals surface area contributed by atoms with Gasteiger partial charge >= 0.3 is 18.6 Å². The molecule has 2 bridgehead atoms. The zero-order valence-corrected chi connectivity index (χ0v) is 34.0. The highest BCUT2D eigenvalue weighted by atomic mass is 35.5. The molecule has 2 N–H and O–H groups in total. The Morgan fingerprint density at radius 2 is 1.60 bits per heavy atom. The fourth-order valence-corrected chi connectivity index (χ4v) is 12.2. The van der Waals surface area contributed by atoms with E-state index >= 15 is 4.79 Å². The Hall–Kier alpha value is -4.27. The molecule has 3 fully saturated rings. The molecule has 3 aromatic rings. The van der Waals surface area contributed by atoms with Crippen LogP contribution in [0.5, 0.6) is 5.75 Å². The van der Waals surface area contributed by atoms with Crippen molar-refractivity contribution >= 4 is 23.5 Å². The number of carbonyl (C=O) groups is 2. The molecule has 60 heavy (non-hydrogen) atoms. The molecule has 0 aliphatic heterocycles. The minimum atomic E-state index is -4.88. The molecule has 6 aliphatic carbocycles. The molecule has 0 radical (unpaired) electrons. The Labute approximate surface area is 348 Å². The first-order valence-corrected chi connectivity index (χ1v) is 20.6. The number of aliphatic hydroxyl groups is 2. The first-order valence-electron chi connectivity index (χ1n) is 20.2. The quantitative estimate of drug-likeness (QED) is 0.125. The van der Waals surface area contributed by atoms with E-state index < -0.39 is 63.7 Å². The number of furan rings is 1. The first kappa shape index (κ1) is 42.4. The summed E-state index contributed by atoms with van der Waals surface area (Å²) in [5, 5.41) is 24.0. The number of fused-ring (bicyclic) bond motifs is 1. The van der Waals surface area contributed by atoms with Crippen LogP contribution in [0.25, 0.3) is 11.3 Å². The van der Waals surface area contributed by atoms with Crippen molar-refractivity contribution in [3.63, 3.8) is 0 Å². The Kier molecular flexibility index (Phi) is 10.2. The molecule has 8 nitrogen and oxygen atoms in total. The molecular weight excluding hydrogens is 816 g/mol. The molecule has 0 saturated heterocycles. The van der Waals surface area contributed by atoms with Crippen LogP contribution in [0.3, 0.4) is 0 Å². The van der Waals surface area contributed by atoms with Crippen molar-refractivity contribution in [1.82, 2.24) is 4.90 Å². The van der Waals surface area contributed by atoms with E-state index in [9.17, 15) is 41.4 Å². The third-order valence-corrected chi connectivity index (χ3v) is 15.2. The molecule has 8 atom stereocenters. The normalized spacial score (nSPS) is 33.1. The second kappa shape index (κ2) is 14.4. The number of ether oxygens (including phenoxy) is 2. The van der Waals surface area contributed by atoms with Crippen molar-refractivity contribution in [3.05, 3.63) is 100 Å². The van der Waals surface area contributed by atoms with Crippen LogP contribution in [0, 0.1) is 33.5 Å². The number of benzene rings is 2. The summed E-state index contributed by atoms with van der Waals surface area (Å²) in [6.45, 7) is 5.65. The molecule has 322 valence electrons. The average molecular weight is 862 g/mol. The van der Waals surface area contributed by atoms with Crippen molar-refractivity contribution in [2.75, 3.05) is 13.2 Å². The van der Waals surface area contributed by atoms with Crippen LogP contribution >= 0.6 is 11.6 Å². The number of ketones is 1. The summed E-state index contributed by atoms with van der Waals surface area (Å²) in [5.74, 6) is -1.41. The molecule has 1 amide bonds. The van der Waals surface area contributed by atoms with Crippen LogP contribution in [-0.2, 0) is 17.5 Å². The number of aliphatic hydroxyl groups excluding tert-OH is 1. The van der Waals surface area contributed by atoms with E-state index in [1.807, 2.05) is 13.0 Å². The first-order chi connectivity index (χ1) is 28.1. The van der Waals surface area contributed by atoms with E-state index in [2.05, 4.69) is 23.8 Å². The lowest BCUT2D eigenvalue weighted by Crippen LogP contribution is -2.67. The van der Waals surface area contributed by atoms with Crippen LogP contribution in [0.1, 0.15) is 87.4 Å². The number of alkyl halides is 6. The van der Waals surface area contributed by atoms with Gasteiger partial charge in [0.05, 0.1) is 35.4 Å². The summed E-state index contributed by atoms with van der Waals surface area (Å²) in [6, 6.07) is 10.9. The van der Waals surface area contributed by atoms with Crippen LogP contribution in [-0.4, -0.2) is 58.2 Å². The van der Waals surface area contributed by atoms with Crippen LogP contribution in [0.2, 0.25) is 5.02 Å².